The van der Waals surface area contributed by atoms with Crippen LogP contribution in [0.2, 0.25) is 0 Å². The molecule has 4 nitrogen and oxygen atoms in total. The Balaban J connectivity index is 2.63. The molecule has 0 radical (unpaired) electrons. The van der Waals surface area contributed by atoms with Crippen LogP contribution in [0.25, 0.3) is 0 Å². The van der Waals surface area contributed by atoms with Crippen molar-refractivity contribution < 1.29 is 19.7 Å². The molecule has 1 atom stereocenters. The molecular weight excluding hydrogens is 196 g/mol. The third-order valence-electron chi connectivity index (χ3n) is 2.85. The summed E-state index contributed by atoms with van der Waals surface area (Å²) in [6, 6.07) is 0. The second-order valence-electron chi connectivity index (χ2n) is 4.04. The first kappa shape index (κ1) is 12.2. The van der Waals surface area contributed by atoms with Gasteiger partial charge in [0.25, 0.3) is 6.29 Å². The molecule has 0 aromatic heterocycles. The van der Waals surface area contributed by atoms with Crippen molar-refractivity contribution in [2.45, 2.75) is 50.4 Å². The van der Waals surface area contributed by atoms with Gasteiger partial charge in [0.2, 0.25) is 0 Å². The fourth-order valence-electron chi connectivity index (χ4n) is 2.12. The van der Waals surface area contributed by atoms with E-state index >= 15 is 0 Å². The number of aliphatic hydroxyl groups is 1. The third-order valence-corrected chi connectivity index (χ3v) is 2.85. The van der Waals surface area contributed by atoms with E-state index in [1.54, 1.807) is 6.08 Å². The average Bonchev–Trinajstić information content (AvgIpc) is 2.19. The molecule has 0 spiro atoms. The third kappa shape index (κ3) is 3.32. The first-order valence-corrected chi connectivity index (χ1v) is 5.29. The second-order valence-corrected chi connectivity index (χ2v) is 4.04. The van der Waals surface area contributed by atoms with E-state index in [1.807, 2.05) is 0 Å². The molecule has 15 heavy (non-hydrogen) atoms. The van der Waals surface area contributed by atoms with Crippen molar-refractivity contribution in [3.8, 4) is 0 Å². The van der Waals surface area contributed by atoms with Gasteiger partial charge in [-0.1, -0.05) is 25.3 Å². The Hall–Kier alpha value is -0.870. The monoisotopic (exact) mass is 214 g/mol. The molecule has 1 aliphatic carbocycles. The summed E-state index contributed by atoms with van der Waals surface area (Å²) in [5.41, 5.74) is -0.516. The van der Waals surface area contributed by atoms with Crippen LogP contribution in [0.15, 0.2) is 12.7 Å². The van der Waals surface area contributed by atoms with Crippen LogP contribution in [0.5, 0.6) is 0 Å². The van der Waals surface area contributed by atoms with Crippen molar-refractivity contribution in [2.75, 3.05) is 0 Å². The number of hydrogen-bond acceptors (Lipinski definition) is 3. The molecule has 0 aromatic carbocycles. The summed E-state index contributed by atoms with van der Waals surface area (Å²) in [5.74, 6) is -1.33. The lowest BCUT2D eigenvalue weighted by Crippen LogP contribution is -2.41. The van der Waals surface area contributed by atoms with Gasteiger partial charge in [-0.2, -0.15) is 0 Å². The summed E-state index contributed by atoms with van der Waals surface area (Å²) < 4.78 is 5.27. The van der Waals surface area contributed by atoms with Gasteiger partial charge in [0.1, 0.15) is 0 Å². The molecule has 0 aromatic rings. The minimum Gasteiger partial charge on any atom is -0.477 e. The van der Waals surface area contributed by atoms with E-state index in [0.717, 1.165) is 32.1 Å². The molecule has 1 fully saturated rings. The minimum absolute atomic E-state index is 0.516. The van der Waals surface area contributed by atoms with Gasteiger partial charge in [-0.3, -0.25) is 0 Å². The number of hydrogen-bond donors (Lipinski definition) is 2. The highest BCUT2D eigenvalue weighted by atomic mass is 16.6. The lowest BCUT2D eigenvalue weighted by Gasteiger charge is -2.37. The maximum absolute atomic E-state index is 10.5. The van der Waals surface area contributed by atoms with Gasteiger partial charge in [-0.05, 0) is 19.3 Å². The first-order valence-electron chi connectivity index (χ1n) is 5.29. The highest BCUT2D eigenvalue weighted by Gasteiger charge is 2.35. The van der Waals surface area contributed by atoms with Gasteiger partial charge in [-0.15, -0.1) is 6.58 Å². The van der Waals surface area contributed by atoms with E-state index in [-0.39, 0.29) is 0 Å². The minimum atomic E-state index is -1.72. The fraction of sp³-hybridized carbons (Fsp3) is 0.727. The molecular formula is C11H18O4. The Labute approximate surface area is 89.6 Å². The van der Waals surface area contributed by atoms with Gasteiger partial charge in [0.05, 0.1) is 5.60 Å². The maximum Gasteiger partial charge on any atom is 0.360 e. The molecule has 86 valence electrons. The quantitative estimate of drug-likeness (QED) is 0.540. The zero-order valence-electron chi connectivity index (χ0n) is 8.82. The van der Waals surface area contributed by atoms with Gasteiger partial charge >= 0.3 is 5.97 Å². The van der Waals surface area contributed by atoms with Crippen molar-refractivity contribution in [2.24, 2.45) is 0 Å². The summed E-state index contributed by atoms with van der Waals surface area (Å²) in [5, 5.41) is 17.8. The molecule has 0 bridgehead atoms. The van der Waals surface area contributed by atoms with Crippen molar-refractivity contribution in [1.82, 2.24) is 0 Å². The van der Waals surface area contributed by atoms with Gasteiger partial charge in [0.15, 0.2) is 0 Å². The SMILES string of the molecule is C=CCC1(OC(O)C(=O)O)CCCCC1. The van der Waals surface area contributed by atoms with Crippen molar-refractivity contribution in [3.63, 3.8) is 0 Å². The number of rotatable bonds is 5. The number of carbonyl (C=O) groups is 1. The lowest BCUT2D eigenvalue weighted by atomic mass is 9.82. The number of ether oxygens (including phenoxy) is 1. The van der Waals surface area contributed by atoms with E-state index in [2.05, 4.69) is 6.58 Å². The highest BCUT2D eigenvalue weighted by molar-refractivity contribution is 5.70. The maximum atomic E-state index is 10.5. The summed E-state index contributed by atoms with van der Waals surface area (Å²) in [4.78, 5) is 10.5. The molecule has 1 rings (SSSR count). The van der Waals surface area contributed by atoms with E-state index < -0.39 is 17.9 Å². The van der Waals surface area contributed by atoms with Crippen LogP contribution in [-0.2, 0) is 9.53 Å². The largest absolute Gasteiger partial charge is 0.477 e. The second kappa shape index (κ2) is 5.28. The van der Waals surface area contributed by atoms with E-state index in [0.29, 0.717) is 6.42 Å². The van der Waals surface area contributed by atoms with Crippen LogP contribution < -0.4 is 0 Å². The molecule has 0 saturated heterocycles. The van der Waals surface area contributed by atoms with Crippen molar-refractivity contribution in [3.05, 3.63) is 12.7 Å². The topological polar surface area (TPSA) is 66.8 Å². The van der Waals surface area contributed by atoms with Crippen LogP contribution in [0.3, 0.4) is 0 Å². The van der Waals surface area contributed by atoms with E-state index in [1.165, 1.54) is 0 Å². The van der Waals surface area contributed by atoms with Crippen LogP contribution in [0, 0.1) is 0 Å². The summed E-state index contributed by atoms with van der Waals surface area (Å²) in [6.45, 7) is 3.64. The molecule has 0 heterocycles. The summed E-state index contributed by atoms with van der Waals surface area (Å²) in [7, 11) is 0. The van der Waals surface area contributed by atoms with Crippen LogP contribution in [0.1, 0.15) is 38.5 Å². The standard InChI is InChI=1S/C11H18O4/c1-2-6-11(7-4-3-5-8-11)15-10(14)9(12)13/h2,10,14H,1,3-8H2,(H,12,13). The Morgan fingerprint density at radius 3 is 2.53 bits per heavy atom. The van der Waals surface area contributed by atoms with E-state index in [4.69, 9.17) is 9.84 Å². The zero-order chi connectivity index (χ0) is 11.3. The molecule has 2 N–H and O–H groups in total. The molecule has 0 amide bonds. The molecule has 1 aliphatic rings. The van der Waals surface area contributed by atoms with Gasteiger partial charge < -0.3 is 14.9 Å². The summed E-state index contributed by atoms with van der Waals surface area (Å²) >= 11 is 0. The molecule has 1 unspecified atom stereocenters. The van der Waals surface area contributed by atoms with Crippen LogP contribution in [-0.4, -0.2) is 28.1 Å². The van der Waals surface area contributed by atoms with Crippen LogP contribution >= 0.6 is 0 Å². The predicted octanol–water partition coefficient (Wildman–Crippen LogP) is 1.68. The lowest BCUT2D eigenvalue weighted by molar-refractivity contribution is -0.213. The number of carboxylic acids is 1. The first-order chi connectivity index (χ1) is 7.09. The van der Waals surface area contributed by atoms with Gasteiger partial charge in [-0.25, -0.2) is 4.79 Å². The van der Waals surface area contributed by atoms with Crippen molar-refractivity contribution >= 4 is 5.97 Å². The normalized spacial score (nSPS) is 21.9. The van der Waals surface area contributed by atoms with Crippen LogP contribution in [0.4, 0.5) is 0 Å². The predicted molar refractivity (Wildman–Crippen MR) is 55.4 cm³/mol. The number of aliphatic hydroxyl groups excluding tert-OH is 1. The Kier molecular flexibility index (Phi) is 4.29. The van der Waals surface area contributed by atoms with Crippen molar-refractivity contribution in [1.29, 1.82) is 0 Å². The Morgan fingerprint density at radius 1 is 1.47 bits per heavy atom. The molecule has 0 aliphatic heterocycles. The fourth-order valence-corrected chi connectivity index (χ4v) is 2.12. The average molecular weight is 214 g/mol. The van der Waals surface area contributed by atoms with Gasteiger partial charge in [0, 0.05) is 0 Å². The zero-order valence-corrected chi connectivity index (χ0v) is 8.82. The van der Waals surface area contributed by atoms with E-state index in [9.17, 15) is 9.90 Å². The number of carboxylic acid groups (broad SMARTS) is 1. The number of aliphatic carboxylic acids is 1. The smallest absolute Gasteiger partial charge is 0.360 e. The Bertz CT molecular complexity index is 231. The molecule has 1 saturated carbocycles. The highest BCUT2D eigenvalue weighted by Crippen LogP contribution is 2.35. The Morgan fingerprint density at radius 2 is 2.07 bits per heavy atom. The summed E-state index contributed by atoms with van der Waals surface area (Å²) in [6.07, 6.45) is 5.36. The molecule has 4 heteroatoms.